The van der Waals surface area contributed by atoms with E-state index in [0.29, 0.717) is 12.0 Å². The Hall–Kier alpha value is -2.40. The van der Waals surface area contributed by atoms with Crippen LogP contribution in [0.3, 0.4) is 0 Å². The van der Waals surface area contributed by atoms with Crippen molar-refractivity contribution in [2.75, 3.05) is 5.32 Å². The highest BCUT2D eigenvalue weighted by Crippen LogP contribution is 2.30. The molecule has 22 heavy (non-hydrogen) atoms. The van der Waals surface area contributed by atoms with Crippen molar-refractivity contribution in [3.63, 3.8) is 0 Å². The van der Waals surface area contributed by atoms with Crippen LogP contribution in [-0.2, 0) is 11.2 Å². The quantitative estimate of drug-likeness (QED) is 0.803. The molecule has 0 radical (unpaired) electrons. The van der Waals surface area contributed by atoms with Crippen molar-refractivity contribution in [2.24, 2.45) is 0 Å². The number of aryl methyl sites for hydroxylation is 1. The van der Waals surface area contributed by atoms with Crippen LogP contribution in [0.4, 0.5) is 5.69 Å². The second-order valence-electron chi connectivity index (χ2n) is 5.17. The van der Waals surface area contributed by atoms with E-state index < -0.39 is 0 Å². The van der Waals surface area contributed by atoms with Crippen LogP contribution in [0.5, 0.6) is 0 Å². The molecule has 0 aliphatic rings. The van der Waals surface area contributed by atoms with E-state index in [0.717, 1.165) is 38.4 Å². The van der Waals surface area contributed by atoms with Crippen LogP contribution in [0.1, 0.15) is 16.7 Å². The van der Waals surface area contributed by atoms with E-state index in [1.54, 1.807) is 6.07 Å². The Morgan fingerprint density at radius 3 is 2.64 bits per heavy atom. The third kappa shape index (κ3) is 2.80. The number of carbonyl (C=O) groups is 1. The number of amides is 1. The molecule has 0 saturated heterocycles. The summed E-state index contributed by atoms with van der Waals surface area (Å²) >= 11 is 1.05. The fraction of sp³-hybridized carbons (Fsp3) is 0.176. The summed E-state index contributed by atoms with van der Waals surface area (Å²) in [5, 5.41) is 2.92. The number of carbonyl (C=O) groups excluding carboxylic acids is 1. The monoisotopic (exact) mass is 313 g/mol. The van der Waals surface area contributed by atoms with Crippen LogP contribution < -0.4 is 10.3 Å². The van der Waals surface area contributed by atoms with Gasteiger partial charge in [-0.05, 0) is 36.6 Å². The Labute approximate surface area is 131 Å². The fourth-order valence-electron chi connectivity index (χ4n) is 2.36. The molecule has 0 unspecified atom stereocenters. The Kier molecular flexibility index (Phi) is 3.81. The molecule has 0 spiro atoms. The molecule has 1 amide bonds. The molecule has 1 heterocycles. The zero-order valence-corrected chi connectivity index (χ0v) is 13.1. The summed E-state index contributed by atoms with van der Waals surface area (Å²) < 4.78 is 5.94. The van der Waals surface area contributed by atoms with Gasteiger partial charge in [0.15, 0.2) is 5.58 Å². The molecule has 3 aromatic rings. The maximum absolute atomic E-state index is 12.2. The second-order valence-corrected chi connectivity index (χ2v) is 6.14. The standard InChI is InChI=1S/C17H15NO3S/c1-10-11(2)16-14(22-17(20)21-16)9-13(10)18-15(19)8-12-6-4-3-5-7-12/h3-7,9H,8H2,1-2H3,(H,18,19). The van der Waals surface area contributed by atoms with E-state index in [-0.39, 0.29) is 10.8 Å². The average molecular weight is 313 g/mol. The van der Waals surface area contributed by atoms with Gasteiger partial charge < -0.3 is 9.73 Å². The maximum Gasteiger partial charge on any atom is 0.396 e. The lowest BCUT2D eigenvalue weighted by molar-refractivity contribution is -0.115. The first-order valence-electron chi connectivity index (χ1n) is 6.92. The highest BCUT2D eigenvalue weighted by atomic mass is 32.1. The Balaban J connectivity index is 1.88. The number of benzene rings is 2. The van der Waals surface area contributed by atoms with Gasteiger partial charge in [0.1, 0.15) is 0 Å². The number of rotatable bonds is 3. The lowest BCUT2D eigenvalue weighted by atomic mass is 10.1. The normalized spacial score (nSPS) is 10.8. The minimum atomic E-state index is -0.328. The van der Waals surface area contributed by atoms with Gasteiger partial charge in [0.2, 0.25) is 5.91 Å². The second kappa shape index (κ2) is 5.77. The van der Waals surface area contributed by atoms with Crippen molar-refractivity contribution in [1.82, 2.24) is 0 Å². The predicted molar refractivity (Wildman–Crippen MR) is 88.6 cm³/mol. The molecule has 2 aromatic carbocycles. The van der Waals surface area contributed by atoms with Crippen molar-refractivity contribution < 1.29 is 9.21 Å². The van der Waals surface area contributed by atoms with E-state index in [1.807, 2.05) is 44.2 Å². The third-order valence-electron chi connectivity index (χ3n) is 3.67. The Morgan fingerprint density at radius 1 is 1.18 bits per heavy atom. The summed E-state index contributed by atoms with van der Waals surface area (Å²) in [6, 6.07) is 11.4. The molecular weight excluding hydrogens is 298 g/mol. The van der Waals surface area contributed by atoms with E-state index in [9.17, 15) is 9.59 Å². The van der Waals surface area contributed by atoms with Gasteiger partial charge >= 0.3 is 4.94 Å². The molecule has 1 aromatic heterocycles. The Morgan fingerprint density at radius 2 is 1.91 bits per heavy atom. The van der Waals surface area contributed by atoms with Gasteiger partial charge in [0.25, 0.3) is 0 Å². The van der Waals surface area contributed by atoms with Crippen molar-refractivity contribution in [3.05, 3.63) is 62.8 Å². The molecule has 0 saturated carbocycles. The number of fused-ring (bicyclic) bond motifs is 1. The zero-order chi connectivity index (χ0) is 15.7. The number of anilines is 1. The van der Waals surface area contributed by atoms with Crippen molar-refractivity contribution in [3.8, 4) is 0 Å². The number of nitrogens with one attached hydrogen (secondary N) is 1. The van der Waals surface area contributed by atoms with Crippen LogP contribution in [0.2, 0.25) is 0 Å². The summed E-state index contributed by atoms with van der Waals surface area (Å²) in [4.78, 5) is 23.3. The van der Waals surface area contributed by atoms with Crippen LogP contribution in [0.15, 0.2) is 45.6 Å². The third-order valence-corrected chi connectivity index (χ3v) is 4.44. The van der Waals surface area contributed by atoms with E-state index in [2.05, 4.69) is 5.32 Å². The largest absolute Gasteiger partial charge is 0.414 e. The minimum Gasteiger partial charge on any atom is -0.414 e. The summed E-state index contributed by atoms with van der Waals surface area (Å²) in [6.45, 7) is 3.80. The highest BCUT2D eigenvalue weighted by molar-refractivity contribution is 7.16. The van der Waals surface area contributed by atoms with Crippen LogP contribution in [0.25, 0.3) is 10.3 Å². The van der Waals surface area contributed by atoms with E-state index in [4.69, 9.17) is 4.42 Å². The van der Waals surface area contributed by atoms with Crippen molar-refractivity contribution >= 4 is 33.2 Å². The molecule has 4 nitrogen and oxygen atoms in total. The molecule has 0 bridgehead atoms. The summed E-state index contributed by atoms with van der Waals surface area (Å²) in [6.07, 6.45) is 0.318. The topological polar surface area (TPSA) is 59.3 Å². The molecule has 112 valence electrons. The molecule has 0 fully saturated rings. The molecule has 0 atom stereocenters. The van der Waals surface area contributed by atoms with Gasteiger partial charge in [0.05, 0.1) is 11.1 Å². The van der Waals surface area contributed by atoms with E-state index in [1.165, 1.54) is 0 Å². The predicted octanol–water partition coefficient (Wildman–Crippen LogP) is 3.65. The van der Waals surface area contributed by atoms with Gasteiger partial charge in [-0.1, -0.05) is 41.7 Å². The van der Waals surface area contributed by atoms with Crippen LogP contribution in [-0.4, -0.2) is 5.91 Å². The first-order chi connectivity index (χ1) is 10.5. The summed E-state index contributed by atoms with van der Waals surface area (Å²) in [5.41, 5.74) is 4.08. The first kappa shape index (κ1) is 14.5. The molecule has 0 aliphatic heterocycles. The first-order valence-corrected chi connectivity index (χ1v) is 7.74. The SMILES string of the molecule is Cc1c(NC(=O)Cc2ccccc2)cc2sc(=O)oc2c1C. The number of hydrogen-bond acceptors (Lipinski definition) is 4. The lowest BCUT2D eigenvalue weighted by Gasteiger charge is -2.11. The van der Waals surface area contributed by atoms with Gasteiger partial charge in [0, 0.05) is 5.69 Å². The van der Waals surface area contributed by atoms with Gasteiger partial charge in [-0.2, -0.15) is 0 Å². The van der Waals surface area contributed by atoms with Crippen molar-refractivity contribution in [2.45, 2.75) is 20.3 Å². The van der Waals surface area contributed by atoms with Crippen molar-refractivity contribution in [1.29, 1.82) is 0 Å². The van der Waals surface area contributed by atoms with Crippen LogP contribution in [0, 0.1) is 13.8 Å². The molecule has 5 heteroatoms. The zero-order valence-electron chi connectivity index (χ0n) is 12.3. The maximum atomic E-state index is 12.2. The summed E-state index contributed by atoms with van der Waals surface area (Å²) in [7, 11) is 0. The lowest BCUT2D eigenvalue weighted by Crippen LogP contribution is -2.15. The van der Waals surface area contributed by atoms with Crippen LogP contribution >= 0.6 is 11.3 Å². The van der Waals surface area contributed by atoms with Gasteiger partial charge in [-0.25, -0.2) is 4.79 Å². The summed E-state index contributed by atoms with van der Waals surface area (Å²) in [5.74, 6) is -0.0797. The number of hydrogen-bond donors (Lipinski definition) is 1. The van der Waals surface area contributed by atoms with Gasteiger partial charge in [-0.3, -0.25) is 4.79 Å². The molecule has 1 N–H and O–H groups in total. The molecular formula is C17H15NO3S. The fourth-order valence-corrected chi connectivity index (χ4v) is 3.13. The average Bonchev–Trinajstić information content (AvgIpc) is 2.86. The molecule has 0 aliphatic carbocycles. The smallest absolute Gasteiger partial charge is 0.396 e. The van der Waals surface area contributed by atoms with Gasteiger partial charge in [-0.15, -0.1) is 0 Å². The Bertz CT molecular complexity index is 893. The molecule has 3 rings (SSSR count). The van der Waals surface area contributed by atoms with E-state index >= 15 is 0 Å². The minimum absolute atomic E-state index is 0.0797. The highest BCUT2D eigenvalue weighted by Gasteiger charge is 2.13.